The Bertz CT molecular complexity index is 307. The summed E-state index contributed by atoms with van der Waals surface area (Å²) < 4.78 is 0. The van der Waals surface area contributed by atoms with Gasteiger partial charge in [0.25, 0.3) is 0 Å². The van der Waals surface area contributed by atoms with Crippen LogP contribution in [0.4, 0.5) is 0 Å². The topological polar surface area (TPSA) is 30.0 Å². The summed E-state index contributed by atoms with van der Waals surface area (Å²) in [4.78, 5) is 14.7. The number of hydrogen-bond donors (Lipinski definition) is 0. The van der Waals surface area contributed by atoms with Gasteiger partial charge >= 0.3 is 0 Å². The summed E-state index contributed by atoms with van der Waals surface area (Å²) in [6.45, 7) is 0. The van der Waals surface area contributed by atoms with Crippen molar-refractivity contribution in [1.82, 2.24) is 4.98 Å². The van der Waals surface area contributed by atoms with E-state index >= 15 is 0 Å². The van der Waals surface area contributed by atoms with E-state index in [4.69, 9.17) is 0 Å². The molecule has 2 nitrogen and oxygen atoms in total. The summed E-state index contributed by atoms with van der Waals surface area (Å²) in [7, 11) is 0. The van der Waals surface area contributed by atoms with Crippen LogP contribution in [0.15, 0.2) is 12.4 Å². The molecule has 0 amide bonds. The molecule has 1 aromatic rings. The number of aldehydes is 1. The van der Waals surface area contributed by atoms with Crippen molar-refractivity contribution in [3.05, 3.63) is 29.1 Å². The summed E-state index contributed by atoms with van der Waals surface area (Å²) in [6.07, 6.45) is 9.04. The van der Waals surface area contributed by atoms with Gasteiger partial charge in [-0.05, 0) is 36.8 Å². The van der Waals surface area contributed by atoms with Crippen molar-refractivity contribution in [2.75, 3.05) is 0 Å². The number of aryl methyl sites for hydroxylation is 1. The summed E-state index contributed by atoms with van der Waals surface area (Å²) in [5, 5.41) is 0. The van der Waals surface area contributed by atoms with Gasteiger partial charge in [-0.3, -0.25) is 9.78 Å². The molecule has 0 aliphatic heterocycles. The van der Waals surface area contributed by atoms with Crippen molar-refractivity contribution in [2.24, 2.45) is 0 Å². The molecule has 1 aliphatic rings. The lowest BCUT2D eigenvalue weighted by atomic mass is 9.91. The Morgan fingerprint density at radius 2 is 2.08 bits per heavy atom. The van der Waals surface area contributed by atoms with Crippen molar-refractivity contribution >= 4 is 6.29 Å². The van der Waals surface area contributed by atoms with Crippen LogP contribution in [-0.4, -0.2) is 11.3 Å². The Kier molecular flexibility index (Phi) is 1.90. The summed E-state index contributed by atoms with van der Waals surface area (Å²) in [6, 6.07) is 0. The highest BCUT2D eigenvalue weighted by Crippen LogP contribution is 2.22. The van der Waals surface area contributed by atoms with Crippen LogP contribution in [0, 0.1) is 0 Å². The molecular weight excluding hydrogens is 150 g/mol. The summed E-state index contributed by atoms with van der Waals surface area (Å²) >= 11 is 0. The Morgan fingerprint density at radius 1 is 1.25 bits per heavy atom. The molecule has 1 heterocycles. The van der Waals surface area contributed by atoms with Crippen LogP contribution >= 0.6 is 0 Å². The van der Waals surface area contributed by atoms with Gasteiger partial charge in [0, 0.05) is 18.0 Å². The van der Waals surface area contributed by atoms with E-state index in [0.717, 1.165) is 24.7 Å². The van der Waals surface area contributed by atoms with Crippen molar-refractivity contribution in [3.63, 3.8) is 0 Å². The fraction of sp³-hybridized carbons (Fsp3) is 0.400. The lowest BCUT2D eigenvalue weighted by molar-refractivity contribution is 0.112. The first kappa shape index (κ1) is 7.47. The van der Waals surface area contributed by atoms with Crippen molar-refractivity contribution in [1.29, 1.82) is 0 Å². The number of pyridine rings is 1. The SMILES string of the molecule is O=Cc1cncc2c1CCCC2. The third-order valence-electron chi connectivity index (χ3n) is 2.43. The van der Waals surface area contributed by atoms with Gasteiger partial charge in [0.15, 0.2) is 6.29 Å². The van der Waals surface area contributed by atoms with Crippen LogP contribution in [0.1, 0.15) is 34.3 Å². The van der Waals surface area contributed by atoms with Gasteiger partial charge < -0.3 is 0 Å². The smallest absolute Gasteiger partial charge is 0.151 e. The highest BCUT2D eigenvalue weighted by Gasteiger charge is 2.12. The Labute approximate surface area is 71.6 Å². The third-order valence-corrected chi connectivity index (χ3v) is 2.43. The second-order valence-electron chi connectivity index (χ2n) is 3.19. The van der Waals surface area contributed by atoms with E-state index in [1.165, 1.54) is 24.0 Å². The molecule has 0 radical (unpaired) electrons. The van der Waals surface area contributed by atoms with E-state index in [1.54, 1.807) is 6.20 Å². The molecule has 0 unspecified atom stereocenters. The lowest BCUT2D eigenvalue weighted by Gasteiger charge is -2.15. The third kappa shape index (κ3) is 1.13. The maximum Gasteiger partial charge on any atom is 0.151 e. The van der Waals surface area contributed by atoms with E-state index in [-0.39, 0.29) is 0 Å². The zero-order valence-electron chi connectivity index (χ0n) is 6.92. The average Bonchev–Trinajstić information content (AvgIpc) is 2.17. The number of aromatic nitrogens is 1. The molecule has 0 N–H and O–H groups in total. The zero-order valence-corrected chi connectivity index (χ0v) is 6.92. The Morgan fingerprint density at radius 3 is 2.92 bits per heavy atom. The van der Waals surface area contributed by atoms with Crippen molar-refractivity contribution in [2.45, 2.75) is 25.7 Å². The first-order chi connectivity index (χ1) is 5.92. The minimum Gasteiger partial charge on any atom is -0.298 e. The van der Waals surface area contributed by atoms with Crippen LogP contribution in [0.25, 0.3) is 0 Å². The largest absolute Gasteiger partial charge is 0.298 e. The second kappa shape index (κ2) is 3.05. The fourth-order valence-electron chi connectivity index (χ4n) is 1.79. The predicted molar refractivity (Wildman–Crippen MR) is 46.3 cm³/mol. The fourth-order valence-corrected chi connectivity index (χ4v) is 1.79. The summed E-state index contributed by atoms with van der Waals surface area (Å²) in [5.41, 5.74) is 3.28. The molecule has 2 heteroatoms. The number of rotatable bonds is 1. The minimum absolute atomic E-state index is 0.784. The Balaban J connectivity index is 2.51. The highest BCUT2D eigenvalue weighted by molar-refractivity contribution is 5.77. The maximum atomic E-state index is 10.6. The van der Waals surface area contributed by atoms with Gasteiger partial charge in [-0.15, -0.1) is 0 Å². The summed E-state index contributed by atoms with van der Waals surface area (Å²) in [5.74, 6) is 0. The molecule has 62 valence electrons. The molecule has 0 spiro atoms. The molecule has 1 aromatic heterocycles. The van der Waals surface area contributed by atoms with Crippen molar-refractivity contribution in [3.8, 4) is 0 Å². The van der Waals surface area contributed by atoms with E-state index in [0.29, 0.717) is 0 Å². The van der Waals surface area contributed by atoms with Crippen LogP contribution in [0.5, 0.6) is 0 Å². The molecule has 0 saturated carbocycles. The van der Waals surface area contributed by atoms with E-state index in [9.17, 15) is 4.79 Å². The number of nitrogens with zero attached hydrogens (tertiary/aromatic N) is 1. The van der Waals surface area contributed by atoms with Gasteiger partial charge in [0.1, 0.15) is 0 Å². The molecule has 0 saturated heterocycles. The molecule has 12 heavy (non-hydrogen) atoms. The number of hydrogen-bond acceptors (Lipinski definition) is 2. The molecule has 0 aromatic carbocycles. The standard InChI is InChI=1S/C10H11NO/c12-7-9-6-11-5-8-3-1-2-4-10(8)9/h5-7H,1-4H2. The van der Waals surface area contributed by atoms with Gasteiger partial charge in [0.2, 0.25) is 0 Å². The lowest BCUT2D eigenvalue weighted by Crippen LogP contribution is -2.06. The van der Waals surface area contributed by atoms with Crippen molar-refractivity contribution < 1.29 is 4.79 Å². The molecule has 0 fully saturated rings. The van der Waals surface area contributed by atoms with Crippen LogP contribution in [0.2, 0.25) is 0 Å². The van der Waals surface area contributed by atoms with Gasteiger partial charge in [0.05, 0.1) is 0 Å². The minimum atomic E-state index is 0.784. The van der Waals surface area contributed by atoms with Gasteiger partial charge in [-0.2, -0.15) is 0 Å². The quantitative estimate of drug-likeness (QED) is 0.587. The first-order valence-corrected chi connectivity index (χ1v) is 4.33. The number of carbonyl (C=O) groups excluding carboxylic acids is 1. The molecule has 2 rings (SSSR count). The highest BCUT2D eigenvalue weighted by atomic mass is 16.1. The number of fused-ring (bicyclic) bond motifs is 1. The maximum absolute atomic E-state index is 10.6. The van der Waals surface area contributed by atoms with Crippen LogP contribution in [-0.2, 0) is 12.8 Å². The molecule has 0 atom stereocenters. The molecule has 0 bridgehead atoms. The zero-order chi connectivity index (χ0) is 8.39. The molecule has 1 aliphatic carbocycles. The predicted octanol–water partition coefficient (Wildman–Crippen LogP) is 1.77. The van der Waals surface area contributed by atoms with Crippen LogP contribution in [0.3, 0.4) is 0 Å². The van der Waals surface area contributed by atoms with Gasteiger partial charge in [-0.25, -0.2) is 0 Å². The number of carbonyl (C=O) groups is 1. The second-order valence-corrected chi connectivity index (χ2v) is 3.19. The van der Waals surface area contributed by atoms with Crippen LogP contribution < -0.4 is 0 Å². The first-order valence-electron chi connectivity index (χ1n) is 4.33. The van der Waals surface area contributed by atoms with E-state index < -0.39 is 0 Å². The van der Waals surface area contributed by atoms with E-state index in [2.05, 4.69) is 4.98 Å². The van der Waals surface area contributed by atoms with Gasteiger partial charge in [-0.1, -0.05) is 0 Å². The van der Waals surface area contributed by atoms with E-state index in [1.807, 2.05) is 6.20 Å². The Hall–Kier alpha value is -1.18. The average molecular weight is 161 g/mol. The monoisotopic (exact) mass is 161 g/mol. The normalized spacial score (nSPS) is 15.3. The molecular formula is C10H11NO.